The number of carbonyl (C=O) groups excluding carboxylic acids is 4. The van der Waals surface area contributed by atoms with Crippen molar-refractivity contribution in [3.8, 4) is 0 Å². The lowest BCUT2D eigenvalue weighted by Crippen LogP contribution is -2.60. The lowest BCUT2D eigenvalue weighted by molar-refractivity contribution is -0.913. The molecule has 3 unspecified atom stereocenters. The van der Waals surface area contributed by atoms with Crippen LogP contribution in [0.25, 0.3) is 0 Å². The lowest BCUT2D eigenvalue weighted by Gasteiger charge is -2.42. The number of allylic oxidation sites excluding steroid dienone is 2. The highest BCUT2D eigenvalue weighted by Gasteiger charge is 2.47. The molecule has 0 aromatic heterocycles. The molecule has 4 aliphatic rings. The van der Waals surface area contributed by atoms with Crippen LogP contribution in [-0.4, -0.2) is 168 Å². The number of rotatable bonds is 16. The van der Waals surface area contributed by atoms with Crippen LogP contribution in [0.15, 0.2) is 48.1 Å². The number of amides is 3. The molecule has 0 aliphatic carbocycles. The molecule has 0 bridgehead atoms. The normalized spacial score (nSPS) is 32.3. The first-order valence-electron chi connectivity index (χ1n) is 20.7. The second kappa shape index (κ2) is 20.7. The van der Waals surface area contributed by atoms with Crippen LogP contribution in [-0.2, 0) is 38.1 Å². The number of aliphatic hydroxyl groups is 3. The van der Waals surface area contributed by atoms with E-state index in [0.717, 1.165) is 4.90 Å². The molecule has 0 spiro atoms. The first kappa shape index (κ1) is 47.2. The van der Waals surface area contributed by atoms with E-state index in [0.29, 0.717) is 68.6 Å². The van der Waals surface area contributed by atoms with Crippen molar-refractivity contribution < 1.29 is 62.7 Å². The van der Waals surface area contributed by atoms with E-state index in [1.54, 1.807) is 36.1 Å². The Hall–Kier alpha value is -3.44. The molecule has 15 nitrogen and oxygen atoms in total. The number of hydrogen-bond donors (Lipinski definition) is 3. The molecule has 0 radical (unpaired) electrons. The zero-order valence-electron chi connectivity index (χ0n) is 35.7. The summed E-state index contributed by atoms with van der Waals surface area (Å²) in [7, 11) is 3.64. The van der Waals surface area contributed by atoms with Gasteiger partial charge < -0.3 is 43.5 Å². The number of carbonyl (C=O) groups is 4. The Bertz CT molecular complexity index is 1530. The molecule has 4 aliphatic heterocycles. The largest absolute Gasteiger partial charge is 0.457 e. The minimum absolute atomic E-state index is 0.0246. The zero-order valence-corrected chi connectivity index (χ0v) is 35.7. The van der Waals surface area contributed by atoms with Crippen molar-refractivity contribution in [1.82, 2.24) is 9.80 Å². The Balaban J connectivity index is 1.38. The van der Waals surface area contributed by atoms with Crippen molar-refractivity contribution in [3.63, 3.8) is 0 Å². The van der Waals surface area contributed by atoms with Crippen LogP contribution in [0.5, 0.6) is 0 Å². The van der Waals surface area contributed by atoms with Crippen LogP contribution < -0.4 is 0 Å². The van der Waals surface area contributed by atoms with Crippen molar-refractivity contribution in [2.75, 3.05) is 66.6 Å². The number of piperazine rings is 1. The molecule has 0 saturated carbocycles. The first-order valence-corrected chi connectivity index (χ1v) is 20.7. The van der Waals surface area contributed by atoms with Crippen LogP contribution in [0.3, 0.4) is 0 Å². The zero-order chi connectivity index (χ0) is 42.8. The van der Waals surface area contributed by atoms with E-state index in [9.17, 15) is 34.5 Å². The summed E-state index contributed by atoms with van der Waals surface area (Å²) < 4.78 is 30.3. The molecule has 0 aromatic carbocycles. The third kappa shape index (κ3) is 13.3. The van der Waals surface area contributed by atoms with Crippen molar-refractivity contribution >= 4 is 23.9 Å². The highest BCUT2D eigenvalue weighted by molar-refractivity contribution is 6.12. The molecule has 3 N–H and O–H groups in total. The number of aliphatic hydroxyl groups excluding tert-OH is 2. The van der Waals surface area contributed by atoms with Gasteiger partial charge in [-0.3, -0.25) is 24.2 Å². The molecule has 15 heteroatoms. The fourth-order valence-corrected chi connectivity index (χ4v) is 7.74. The fraction of sp³-hybridized carbons (Fsp3) is 0.721. The highest BCUT2D eigenvalue weighted by Crippen LogP contribution is 2.38. The lowest BCUT2D eigenvalue weighted by atomic mass is 9.88. The standard InChI is InChI=1S/C43H68N3O12/c1-9-33(48)31(4)40-34(56-40)28-42(5,53)17-10-11-29(2)39-30(3)12-13-35(43(6,54-8)18-16-32(47)27-38(51)58-39)57-41(52)44-19-22-46(7,23-20-44)24-26-55-25-21-45-36(49)14-15-37(45)50/h10-15,17,30-35,39-40,47-48,53H,9,16,18-28H2,1-8H3/q+1/b13-12+,17-10+,29-11+/t30-,31+,32?,33-,34?,35-,39+,40?,42-,43+/m0/s1. The maximum absolute atomic E-state index is 13.7. The van der Waals surface area contributed by atoms with Crippen molar-refractivity contribution in [1.29, 1.82) is 0 Å². The predicted molar refractivity (Wildman–Crippen MR) is 215 cm³/mol. The van der Waals surface area contributed by atoms with E-state index in [4.69, 9.17) is 23.7 Å². The van der Waals surface area contributed by atoms with Crippen LogP contribution >= 0.6 is 0 Å². The maximum atomic E-state index is 13.7. The fourth-order valence-electron chi connectivity index (χ4n) is 7.74. The number of hydrogen-bond acceptors (Lipinski definition) is 12. The smallest absolute Gasteiger partial charge is 0.410 e. The monoisotopic (exact) mass is 818 g/mol. The van der Waals surface area contributed by atoms with Crippen LogP contribution in [0.1, 0.15) is 73.6 Å². The molecule has 58 heavy (non-hydrogen) atoms. The average molecular weight is 819 g/mol. The maximum Gasteiger partial charge on any atom is 0.410 e. The molecular weight excluding hydrogens is 750 g/mol. The van der Waals surface area contributed by atoms with Crippen molar-refractivity contribution in [2.24, 2.45) is 11.8 Å². The van der Waals surface area contributed by atoms with Gasteiger partial charge in [-0.05, 0) is 51.7 Å². The van der Waals surface area contributed by atoms with Gasteiger partial charge in [0.15, 0.2) is 6.10 Å². The summed E-state index contributed by atoms with van der Waals surface area (Å²) in [6, 6.07) is 0. The molecular formula is C43H68N3O12+. The summed E-state index contributed by atoms with van der Waals surface area (Å²) in [6.45, 7) is 15.0. The second-order valence-electron chi connectivity index (χ2n) is 17.2. The molecule has 4 rings (SSSR count). The molecule has 326 valence electrons. The molecule has 2 saturated heterocycles. The first-order chi connectivity index (χ1) is 27.3. The van der Waals surface area contributed by atoms with E-state index < -0.39 is 47.7 Å². The number of ether oxygens (including phenoxy) is 5. The number of likely N-dealkylation sites (N-methyl/N-ethyl adjacent to an activating group) is 1. The molecule has 2 fully saturated rings. The van der Waals surface area contributed by atoms with Gasteiger partial charge >= 0.3 is 12.1 Å². The Morgan fingerprint density at radius 1 is 1.16 bits per heavy atom. The van der Waals surface area contributed by atoms with Gasteiger partial charge in [0.05, 0.1) is 89.4 Å². The van der Waals surface area contributed by atoms with Crippen molar-refractivity contribution in [3.05, 3.63) is 48.1 Å². The minimum Gasteiger partial charge on any atom is -0.457 e. The molecule has 3 amide bonds. The van der Waals surface area contributed by atoms with Gasteiger partial charge in [-0.2, -0.15) is 0 Å². The molecule has 0 aromatic rings. The van der Waals surface area contributed by atoms with E-state index in [2.05, 4.69) is 7.05 Å². The van der Waals surface area contributed by atoms with Gasteiger partial charge in [-0.1, -0.05) is 45.1 Å². The summed E-state index contributed by atoms with van der Waals surface area (Å²) in [4.78, 5) is 53.1. The minimum atomic E-state index is -1.17. The van der Waals surface area contributed by atoms with Crippen LogP contribution in [0, 0.1) is 11.8 Å². The van der Waals surface area contributed by atoms with E-state index in [-0.39, 0.29) is 61.9 Å². The van der Waals surface area contributed by atoms with Gasteiger partial charge in [0.1, 0.15) is 18.2 Å². The number of nitrogens with zero attached hydrogens (tertiary/aromatic N) is 3. The third-order valence-corrected chi connectivity index (χ3v) is 12.3. The topological polar surface area (TPSA) is 185 Å². The van der Waals surface area contributed by atoms with Gasteiger partial charge in [0.2, 0.25) is 0 Å². The van der Waals surface area contributed by atoms with Gasteiger partial charge in [-0.25, -0.2) is 4.79 Å². The number of quaternary nitrogens is 1. The summed E-state index contributed by atoms with van der Waals surface area (Å²) >= 11 is 0. The van der Waals surface area contributed by atoms with Crippen LogP contribution in [0.2, 0.25) is 0 Å². The summed E-state index contributed by atoms with van der Waals surface area (Å²) in [6.07, 6.45) is 8.90. The Kier molecular flexibility index (Phi) is 16.9. The predicted octanol–water partition coefficient (Wildman–Crippen LogP) is 3.07. The summed E-state index contributed by atoms with van der Waals surface area (Å²) in [5.41, 5.74) is -1.48. The quantitative estimate of drug-likeness (QED) is 0.0394. The van der Waals surface area contributed by atoms with Crippen LogP contribution in [0.4, 0.5) is 4.79 Å². The van der Waals surface area contributed by atoms with Crippen molar-refractivity contribution in [2.45, 2.75) is 121 Å². The second-order valence-corrected chi connectivity index (χ2v) is 17.2. The van der Waals surface area contributed by atoms with E-state index in [1.807, 2.05) is 40.7 Å². The summed E-state index contributed by atoms with van der Waals surface area (Å²) in [5.74, 6) is -1.60. The Morgan fingerprint density at radius 2 is 1.83 bits per heavy atom. The highest BCUT2D eigenvalue weighted by atomic mass is 16.6. The number of methoxy groups -OCH3 is 1. The van der Waals surface area contributed by atoms with E-state index >= 15 is 0 Å². The molecule has 4 heterocycles. The van der Waals surface area contributed by atoms with Gasteiger partial charge in [0.25, 0.3) is 11.8 Å². The molecule has 10 atom stereocenters. The van der Waals surface area contributed by atoms with Gasteiger partial charge in [0, 0.05) is 37.5 Å². The summed E-state index contributed by atoms with van der Waals surface area (Å²) in [5, 5.41) is 32.2. The number of imide groups is 1. The Labute approximate surface area is 343 Å². The third-order valence-electron chi connectivity index (χ3n) is 12.3. The number of epoxide rings is 1. The van der Waals surface area contributed by atoms with Gasteiger partial charge in [-0.15, -0.1) is 0 Å². The SMILES string of the molecule is CC[C@H](O)[C@@H](C)C1OC1C[C@@](C)(O)/C=C/C=C(\C)[C@H]1OC(=O)CC(O)CC[C@@](C)(OC)[C@@H](OC(=O)N2CC[N+](C)(CCOCCN3C(=O)C=CC3=O)CC2)/C=C/[C@@H]1C. The number of esters is 1. The van der Waals surface area contributed by atoms with E-state index in [1.165, 1.54) is 19.3 Å². The number of cyclic esters (lactones) is 1. The average Bonchev–Trinajstić information content (AvgIpc) is 3.86. The Morgan fingerprint density at radius 3 is 2.47 bits per heavy atom.